The third-order valence-corrected chi connectivity index (χ3v) is 4.15. The highest BCUT2D eigenvalue weighted by Gasteiger charge is 2.29. The molecule has 25 heavy (non-hydrogen) atoms. The summed E-state index contributed by atoms with van der Waals surface area (Å²) in [6, 6.07) is 12.8. The molecule has 0 radical (unpaired) electrons. The van der Waals surface area contributed by atoms with Crippen LogP contribution >= 0.6 is 0 Å². The van der Waals surface area contributed by atoms with Crippen molar-refractivity contribution in [3.63, 3.8) is 0 Å². The van der Waals surface area contributed by atoms with Crippen molar-refractivity contribution in [2.75, 3.05) is 23.7 Å². The molecule has 1 aliphatic heterocycles. The summed E-state index contributed by atoms with van der Waals surface area (Å²) in [5.41, 5.74) is 8.20. The maximum Gasteiger partial charge on any atom is 0.324 e. The predicted octanol–water partition coefficient (Wildman–Crippen LogP) is 2.12. The number of aromatic nitrogens is 1. The minimum atomic E-state index is -0.815. The summed E-state index contributed by atoms with van der Waals surface area (Å²) < 4.78 is 0. The Morgan fingerprint density at radius 2 is 1.92 bits per heavy atom. The average molecular weight is 340 g/mol. The number of pyridine rings is 1. The highest BCUT2D eigenvalue weighted by Crippen LogP contribution is 2.22. The van der Waals surface area contributed by atoms with Gasteiger partial charge in [0, 0.05) is 25.2 Å². The van der Waals surface area contributed by atoms with Crippen LogP contribution in [0.3, 0.4) is 0 Å². The number of nitrogen functional groups attached to an aromatic ring is 1. The molecule has 0 spiro atoms. The van der Waals surface area contributed by atoms with Crippen LogP contribution < -0.4 is 10.6 Å². The van der Waals surface area contributed by atoms with E-state index in [9.17, 15) is 9.59 Å². The molecular weight excluding hydrogens is 320 g/mol. The Hall–Kier alpha value is -3.09. The molecule has 2 aromatic rings. The van der Waals surface area contributed by atoms with Gasteiger partial charge in [0.1, 0.15) is 5.82 Å². The second-order valence-electron chi connectivity index (χ2n) is 5.97. The lowest BCUT2D eigenvalue weighted by atomic mass is 10.1. The van der Waals surface area contributed by atoms with E-state index >= 15 is 0 Å². The van der Waals surface area contributed by atoms with E-state index in [2.05, 4.69) is 4.98 Å². The molecule has 1 aromatic carbocycles. The van der Waals surface area contributed by atoms with E-state index in [1.165, 1.54) is 0 Å². The van der Waals surface area contributed by atoms with Crippen molar-refractivity contribution < 1.29 is 14.7 Å². The van der Waals surface area contributed by atoms with Gasteiger partial charge in [-0.25, -0.2) is 9.78 Å². The van der Waals surface area contributed by atoms with Crippen molar-refractivity contribution in [1.29, 1.82) is 0 Å². The van der Waals surface area contributed by atoms with Crippen molar-refractivity contribution in [2.24, 2.45) is 0 Å². The Kier molecular flexibility index (Phi) is 4.83. The summed E-state index contributed by atoms with van der Waals surface area (Å²) in [7, 11) is 0. The number of carbonyl (C=O) groups is 2. The lowest BCUT2D eigenvalue weighted by molar-refractivity contribution is -0.136. The summed E-state index contributed by atoms with van der Waals surface area (Å²) in [6.45, 7) is 1.66. The normalized spacial score (nSPS) is 14.2. The number of hydrogen-bond acceptors (Lipinski definition) is 4. The monoisotopic (exact) mass is 340 g/mol. The number of hydrogen-bond donors (Lipinski definition) is 2. The molecule has 1 saturated heterocycles. The Morgan fingerprint density at radius 3 is 2.60 bits per heavy atom. The Bertz CT molecular complexity index is 776. The second-order valence-corrected chi connectivity index (χ2v) is 5.97. The molecule has 130 valence electrons. The highest BCUT2D eigenvalue weighted by molar-refractivity contribution is 5.94. The van der Waals surface area contributed by atoms with Gasteiger partial charge in [-0.2, -0.15) is 0 Å². The number of amides is 2. The van der Waals surface area contributed by atoms with Gasteiger partial charge < -0.3 is 15.7 Å². The number of rotatable bonds is 6. The Morgan fingerprint density at radius 1 is 1.16 bits per heavy atom. The molecule has 3 N–H and O–H groups in total. The molecule has 0 aliphatic carbocycles. The van der Waals surface area contributed by atoms with Crippen LogP contribution in [0, 0.1) is 0 Å². The van der Waals surface area contributed by atoms with Gasteiger partial charge in [-0.15, -0.1) is 0 Å². The van der Waals surface area contributed by atoms with Crippen molar-refractivity contribution >= 4 is 23.5 Å². The van der Waals surface area contributed by atoms with Gasteiger partial charge in [-0.05, 0) is 36.2 Å². The number of urea groups is 1. The smallest absolute Gasteiger partial charge is 0.324 e. The standard InChI is InChI=1S/C18H20N4O3/c19-16-3-1-2-14(20-16)12-21-10-11-22(18(21)25)15-7-4-13(5-8-15)6-9-17(23)24/h1-5,7-8H,6,9-12H2,(H2,19,20)(H,23,24). The molecule has 7 nitrogen and oxygen atoms in total. The molecule has 0 unspecified atom stereocenters. The first-order valence-electron chi connectivity index (χ1n) is 8.11. The zero-order valence-electron chi connectivity index (χ0n) is 13.8. The number of aryl methyl sites for hydroxylation is 1. The highest BCUT2D eigenvalue weighted by atomic mass is 16.4. The number of aliphatic carboxylic acids is 1. The fourth-order valence-electron chi connectivity index (χ4n) is 2.84. The summed E-state index contributed by atoms with van der Waals surface area (Å²) in [6.07, 6.45) is 0.583. The molecule has 1 aliphatic rings. The van der Waals surface area contributed by atoms with E-state index in [0.29, 0.717) is 31.9 Å². The van der Waals surface area contributed by atoms with E-state index < -0.39 is 5.97 Å². The number of benzene rings is 1. The van der Waals surface area contributed by atoms with E-state index in [1.807, 2.05) is 36.4 Å². The summed E-state index contributed by atoms with van der Waals surface area (Å²) in [4.78, 5) is 30.9. The lowest BCUT2D eigenvalue weighted by Gasteiger charge is -2.19. The van der Waals surface area contributed by atoms with Crippen LogP contribution in [0.2, 0.25) is 0 Å². The van der Waals surface area contributed by atoms with Crippen LogP contribution in [0.4, 0.5) is 16.3 Å². The summed E-state index contributed by atoms with van der Waals surface area (Å²) in [5.74, 6) is -0.373. The zero-order chi connectivity index (χ0) is 17.8. The van der Waals surface area contributed by atoms with Crippen molar-refractivity contribution in [2.45, 2.75) is 19.4 Å². The zero-order valence-corrected chi connectivity index (χ0v) is 13.8. The quantitative estimate of drug-likeness (QED) is 0.839. The fraction of sp³-hybridized carbons (Fsp3) is 0.278. The minimum Gasteiger partial charge on any atom is -0.481 e. The predicted molar refractivity (Wildman–Crippen MR) is 94.2 cm³/mol. The number of nitrogens with two attached hydrogens (primary N) is 1. The lowest BCUT2D eigenvalue weighted by Crippen LogP contribution is -2.31. The summed E-state index contributed by atoms with van der Waals surface area (Å²) in [5, 5.41) is 8.73. The molecule has 7 heteroatoms. The topological polar surface area (TPSA) is 99.8 Å². The fourth-order valence-corrected chi connectivity index (χ4v) is 2.84. The first-order chi connectivity index (χ1) is 12.0. The van der Waals surface area contributed by atoms with Gasteiger partial charge in [0.2, 0.25) is 0 Å². The largest absolute Gasteiger partial charge is 0.481 e. The Balaban J connectivity index is 1.64. The van der Waals surface area contributed by atoms with E-state index in [-0.39, 0.29) is 12.5 Å². The minimum absolute atomic E-state index is 0.0671. The molecule has 0 saturated carbocycles. The van der Waals surface area contributed by atoms with Gasteiger partial charge in [-0.1, -0.05) is 18.2 Å². The number of carbonyl (C=O) groups excluding carboxylic acids is 1. The maximum absolute atomic E-state index is 12.6. The molecule has 1 aromatic heterocycles. The SMILES string of the molecule is Nc1cccc(CN2CCN(c3ccc(CCC(=O)O)cc3)C2=O)n1. The van der Waals surface area contributed by atoms with Crippen LogP contribution in [0.15, 0.2) is 42.5 Å². The number of anilines is 2. The maximum atomic E-state index is 12.6. The molecule has 2 amide bonds. The van der Waals surface area contributed by atoms with Crippen LogP contribution in [0.25, 0.3) is 0 Å². The van der Waals surface area contributed by atoms with Crippen molar-refractivity contribution in [3.8, 4) is 0 Å². The third kappa shape index (κ3) is 4.06. The second kappa shape index (κ2) is 7.21. The van der Waals surface area contributed by atoms with Crippen LogP contribution in [0.1, 0.15) is 17.7 Å². The van der Waals surface area contributed by atoms with Gasteiger partial charge in [0.25, 0.3) is 0 Å². The van der Waals surface area contributed by atoms with Gasteiger partial charge in [0.05, 0.1) is 12.2 Å². The van der Waals surface area contributed by atoms with Gasteiger partial charge in [0.15, 0.2) is 0 Å². The number of carboxylic acids is 1. The van der Waals surface area contributed by atoms with Crippen LogP contribution in [0.5, 0.6) is 0 Å². The van der Waals surface area contributed by atoms with Crippen LogP contribution in [-0.4, -0.2) is 40.1 Å². The third-order valence-electron chi connectivity index (χ3n) is 4.15. The number of nitrogens with zero attached hydrogens (tertiary/aromatic N) is 3. The number of carboxylic acid groups (broad SMARTS) is 1. The van der Waals surface area contributed by atoms with E-state index in [1.54, 1.807) is 15.9 Å². The molecule has 0 bridgehead atoms. The summed E-state index contributed by atoms with van der Waals surface area (Å²) >= 11 is 0. The molecular formula is C18H20N4O3. The van der Waals surface area contributed by atoms with Crippen molar-refractivity contribution in [1.82, 2.24) is 9.88 Å². The van der Waals surface area contributed by atoms with Gasteiger partial charge in [-0.3, -0.25) is 9.69 Å². The van der Waals surface area contributed by atoms with Crippen molar-refractivity contribution in [3.05, 3.63) is 53.7 Å². The molecule has 2 heterocycles. The van der Waals surface area contributed by atoms with E-state index in [4.69, 9.17) is 10.8 Å². The molecule has 3 rings (SSSR count). The average Bonchev–Trinajstić information content (AvgIpc) is 2.94. The molecule has 0 atom stereocenters. The Labute approximate surface area is 145 Å². The van der Waals surface area contributed by atoms with Crippen LogP contribution in [-0.2, 0) is 17.8 Å². The van der Waals surface area contributed by atoms with E-state index in [0.717, 1.165) is 16.9 Å². The molecule has 1 fully saturated rings. The van der Waals surface area contributed by atoms with Gasteiger partial charge >= 0.3 is 12.0 Å². The first-order valence-corrected chi connectivity index (χ1v) is 8.11. The first kappa shape index (κ1) is 16.8.